The summed E-state index contributed by atoms with van der Waals surface area (Å²) in [5.74, 6) is 0.147. The highest BCUT2D eigenvalue weighted by atomic mass is 16.2. The van der Waals surface area contributed by atoms with E-state index in [9.17, 15) is 4.79 Å². The minimum atomic E-state index is 0.119. The van der Waals surface area contributed by atoms with E-state index in [0.29, 0.717) is 0 Å². The summed E-state index contributed by atoms with van der Waals surface area (Å²) < 4.78 is 0. The fourth-order valence-corrected chi connectivity index (χ4v) is 2.94. The summed E-state index contributed by atoms with van der Waals surface area (Å²) in [5.41, 5.74) is 1.49. The summed E-state index contributed by atoms with van der Waals surface area (Å²) in [6.45, 7) is 4.66. The van der Waals surface area contributed by atoms with Crippen LogP contribution in [0.15, 0.2) is 30.3 Å². The van der Waals surface area contributed by atoms with Gasteiger partial charge in [0.15, 0.2) is 0 Å². The second-order valence-electron chi connectivity index (χ2n) is 5.82. The lowest BCUT2D eigenvalue weighted by Gasteiger charge is -2.43. The number of likely N-dealkylation sites (N-methyl/N-ethyl adjacent to an activating group) is 1. The Morgan fingerprint density at radius 3 is 2.37 bits per heavy atom. The second kappa shape index (κ2) is 5.74. The van der Waals surface area contributed by atoms with Crippen LogP contribution >= 0.6 is 0 Å². The van der Waals surface area contributed by atoms with Crippen LogP contribution < -0.4 is 0 Å². The van der Waals surface area contributed by atoms with Gasteiger partial charge in [-0.15, -0.1) is 0 Å². The van der Waals surface area contributed by atoms with Crippen molar-refractivity contribution in [1.29, 1.82) is 0 Å². The Kier molecular flexibility index (Phi) is 4.25. The Labute approximate surface area is 116 Å². The van der Waals surface area contributed by atoms with Gasteiger partial charge in [0.25, 0.3) is 0 Å². The summed E-state index contributed by atoms with van der Waals surface area (Å²) in [6.07, 6.45) is 2.23. The van der Waals surface area contributed by atoms with Gasteiger partial charge in [0.1, 0.15) is 0 Å². The number of carbonyl (C=O) groups is 1. The normalized spacial score (nSPS) is 19.1. The van der Waals surface area contributed by atoms with Gasteiger partial charge in [-0.3, -0.25) is 4.79 Å². The first-order chi connectivity index (χ1) is 9.03. The Morgan fingerprint density at radius 2 is 1.84 bits per heavy atom. The minimum Gasteiger partial charge on any atom is -0.345 e. The van der Waals surface area contributed by atoms with Crippen LogP contribution in [0.2, 0.25) is 0 Å². The third-order valence-corrected chi connectivity index (χ3v) is 4.41. The van der Waals surface area contributed by atoms with Crippen molar-refractivity contribution in [3.63, 3.8) is 0 Å². The van der Waals surface area contributed by atoms with E-state index in [0.717, 1.165) is 32.5 Å². The number of nitrogens with zero attached hydrogens (tertiary/aromatic N) is 2. The van der Waals surface area contributed by atoms with E-state index >= 15 is 0 Å². The molecule has 19 heavy (non-hydrogen) atoms. The number of carbonyl (C=O) groups excluding carboxylic acids is 1. The molecule has 3 nitrogen and oxygen atoms in total. The number of likely N-dealkylation sites (tertiary alicyclic amines) is 1. The molecule has 0 spiro atoms. The van der Waals surface area contributed by atoms with Crippen molar-refractivity contribution in [2.75, 3.05) is 33.7 Å². The van der Waals surface area contributed by atoms with Gasteiger partial charge in [-0.2, -0.15) is 0 Å². The zero-order chi connectivity index (χ0) is 13.9. The van der Waals surface area contributed by atoms with E-state index in [1.54, 1.807) is 6.92 Å². The van der Waals surface area contributed by atoms with Crippen molar-refractivity contribution in [1.82, 2.24) is 9.80 Å². The van der Waals surface area contributed by atoms with E-state index in [2.05, 4.69) is 42.3 Å². The van der Waals surface area contributed by atoms with Gasteiger partial charge in [0.05, 0.1) is 0 Å². The van der Waals surface area contributed by atoms with Crippen molar-refractivity contribution < 1.29 is 4.79 Å². The maximum Gasteiger partial charge on any atom is 0.219 e. The number of amides is 1. The van der Waals surface area contributed by atoms with E-state index in [-0.39, 0.29) is 11.3 Å². The lowest BCUT2D eigenvalue weighted by molar-refractivity contribution is -0.128. The molecule has 0 aromatic heterocycles. The molecule has 1 fully saturated rings. The molecule has 0 atom stereocenters. The molecule has 104 valence electrons. The van der Waals surface area contributed by atoms with Crippen LogP contribution in [0, 0.1) is 0 Å². The number of benzene rings is 1. The first-order valence-corrected chi connectivity index (χ1v) is 6.99. The number of piperidine rings is 1. The molecule has 0 saturated carbocycles. The average molecular weight is 260 g/mol. The first-order valence-electron chi connectivity index (χ1n) is 6.99. The lowest BCUT2D eigenvalue weighted by Crippen LogP contribution is -2.48. The quantitative estimate of drug-likeness (QED) is 0.831. The van der Waals surface area contributed by atoms with Crippen LogP contribution in [-0.4, -0.2) is 49.4 Å². The fraction of sp³-hybridized carbons (Fsp3) is 0.562. The standard InChI is InChI=1S/C16H24N2O/c1-14(19)18(3)13-16(9-11-17(2)12-10-16)15-7-5-4-6-8-15/h4-8H,9-13H2,1-3H3. The monoisotopic (exact) mass is 260 g/mol. The van der Waals surface area contributed by atoms with Crippen LogP contribution in [-0.2, 0) is 10.2 Å². The molecule has 0 unspecified atom stereocenters. The van der Waals surface area contributed by atoms with Crippen molar-refractivity contribution in [2.24, 2.45) is 0 Å². The Morgan fingerprint density at radius 1 is 1.26 bits per heavy atom. The predicted molar refractivity (Wildman–Crippen MR) is 78.2 cm³/mol. The topological polar surface area (TPSA) is 23.6 Å². The van der Waals surface area contributed by atoms with E-state index < -0.39 is 0 Å². The molecule has 1 aliphatic heterocycles. The van der Waals surface area contributed by atoms with Crippen molar-refractivity contribution in [2.45, 2.75) is 25.2 Å². The molecule has 3 heteroatoms. The molecular formula is C16H24N2O. The molecule has 1 aliphatic rings. The van der Waals surface area contributed by atoms with Gasteiger partial charge < -0.3 is 9.80 Å². The minimum absolute atomic E-state index is 0.119. The second-order valence-corrected chi connectivity index (χ2v) is 5.82. The highest BCUT2D eigenvalue weighted by Gasteiger charge is 2.36. The molecule has 2 rings (SSSR count). The Bertz CT molecular complexity index is 422. The molecule has 1 saturated heterocycles. The SMILES string of the molecule is CC(=O)N(C)CC1(c2ccccc2)CCN(C)CC1. The van der Waals surface area contributed by atoms with E-state index in [1.165, 1.54) is 5.56 Å². The van der Waals surface area contributed by atoms with Crippen LogP contribution in [0.4, 0.5) is 0 Å². The lowest BCUT2D eigenvalue weighted by atomic mass is 9.72. The zero-order valence-corrected chi connectivity index (χ0v) is 12.2. The highest BCUT2D eigenvalue weighted by molar-refractivity contribution is 5.73. The third-order valence-electron chi connectivity index (χ3n) is 4.41. The maximum absolute atomic E-state index is 11.6. The molecule has 1 amide bonds. The van der Waals surface area contributed by atoms with Crippen LogP contribution in [0.25, 0.3) is 0 Å². The first kappa shape index (κ1) is 14.1. The summed E-state index contributed by atoms with van der Waals surface area (Å²) in [4.78, 5) is 15.8. The van der Waals surface area contributed by atoms with Gasteiger partial charge >= 0.3 is 0 Å². The summed E-state index contributed by atoms with van der Waals surface area (Å²) in [5, 5.41) is 0. The third kappa shape index (κ3) is 3.16. The van der Waals surface area contributed by atoms with Crippen molar-refractivity contribution >= 4 is 5.91 Å². The number of hydrogen-bond donors (Lipinski definition) is 0. The summed E-state index contributed by atoms with van der Waals surface area (Å²) >= 11 is 0. The van der Waals surface area contributed by atoms with E-state index in [1.807, 2.05) is 11.9 Å². The molecule has 0 aliphatic carbocycles. The molecule has 1 heterocycles. The van der Waals surface area contributed by atoms with Gasteiger partial charge in [-0.05, 0) is 38.5 Å². The Balaban J connectivity index is 2.26. The number of hydrogen-bond acceptors (Lipinski definition) is 2. The van der Waals surface area contributed by atoms with Gasteiger partial charge in [-0.1, -0.05) is 30.3 Å². The van der Waals surface area contributed by atoms with Gasteiger partial charge in [-0.25, -0.2) is 0 Å². The van der Waals surface area contributed by atoms with Crippen LogP contribution in [0.5, 0.6) is 0 Å². The van der Waals surface area contributed by atoms with Crippen LogP contribution in [0.3, 0.4) is 0 Å². The zero-order valence-electron chi connectivity index (χ0n) is 12.2. The van der Waals surface area contributed by atoms with Crippen LogP contribution in [0.1, 0.15) is 25.3 Å². The van der Waals surface area contributed by atoms with E-state index in [4.69, 9.17) is 0 Å². The van der Waals surface area contributed by atoms with Gasteiger partial charge in [0.2, 0.25) is 5.91 Å². The molecular weight excluding hydrogens is 236 g/mol. The summed E-state index contributed by atoms with van der Waals surface area (Å²) in [7, 11) is 4.08. The van der Waals surface area contributed by atoms with Gasteiger partial charge in [0, 0.05) is 25.9 Å². The van der Waals surface area contributed by atoms with Crippen molar-refractivity contribution in [3.05, 3.63) is 35.9 Å². The molecule has 1 aromatic rings. The predicted octanol–water partition coefficient (Wildman–Crippen LogP) is 2.13. The molecule has 0 radical (unpaired) electrons. The molecule has 0 bridgehead atoms. The average Bonchev–Trinajstić information content (AvgIpc) is 2.42. The highest BCUT2D eigenvalue weighted by Crippen LogP contribution is 2.35. The smallest absolute Gasteiger partial charge is 0.219 e. The Hall–Kier alpha value is -1.35. The van der Waals surface area contributed by atoms with Crippen molar-refractivity contribution in [3.8, 4) is 0 Å². The molecule has 0 N–H and O–H groups in total. The fourth-order valence-electron chi connectivity index (χ4n) is 2.94. The largest absolute Gasteiger partial charge is 0.345 e. The number of rotatable bonds is 3. The maximum atomic E-state index is 11.6. The summed E-state index contributed by atoms with van der Waals surface area (Å²) in [6, 6.07) is 10.7. The molecule has 1 aromatic carbocycles.